The Hall–Kier alpha value is -2.47. The fourth-order valence-electron chi connectivity index (χ4n) is 4.52. The number of hydrogen-bond acceptors (Lipinski definition) is 5. The normalized spacial score (nSPS) is 20.0. The van der Waals surface area contributed by atoms with E-state index < -0.39 is 0 Å². The molecule has 140 valence electrons. The number of nitrogens with one attached hydrogen (secondary N) is 2. The molecule has 0 spiro atoms. The van der Waals surface area contributed by atoms with Crippen molar-refractivity contribution < 1.29 is 0 Å². The minimum absolute atomic E-state index is 0.604. The summed E-state index contributed by atoms with van der Waals surface area (Å²) >= 11 is 0. The lowest BCUT2D eigenvalue weighted by atomic mass is 9.93. The summed E-state index contributed by atoms with van der Waals surface area (Å²) in [6.45, 7) is 6.03. The van der Waals surface area contributed by atoms with Gasteiger partial charge in [-0.3, -0.25) is 0 Å². The number of piperidine rings is 1. The van der Waals surface area contributed by atoms with Gasteiger partial charge in [-0.25, -0.2) is 15.0 Å². The van der Waals surface area contributed by atoms with Crippen molar-refractivity contribution in [1.29, 1.82) is 0 Å². The van der Waals surface area contributed by atoms with Crippen LogP contribution < -0.4 is 10.2 Å². The van der Waals surface area contributed by atoms with Crippen LogP contribution in [0.5, 0.6) is 0 Å². The van der Waals surface area contributed by atoms with Crippen molar-refractivity contribution >= 4 is 16.9 Å². The zero-order chi connectivity index (χ0) is 18.2. The number of aryl methyl sites for hydroxylation is 1. The highest BCUT2D eigenvalue weighted by atomic mass is 15.2. The quantitative estimate of drug-likeness (QED) is 0.750. The zero-order valence-electron chi connectivity index (χ0n) is 15.8. The molecular formula is C21H26N6. The summed E-state index contributed by atoms with van der Waals surface area (Å²) < 4.78 is 0. The molecule has 1 saturated heterocycles. The van der Waals surface area contributed by atoms with Gasteiger partial charge < -0.3 is 15.2 Å². The zero-order valence-corrected chi connectivity index (χ0v) is 15.8. The van der Waals surface area contributed by atoms with Gasteiger partial charge in [-0.15, -0.1) is 0 Å². The minimum Gasteiger partial charge on any atom is -0.356 e. The van der Waals surface area contributed by atoms with Crippen LogP contribution in [-0.2, 0) is 19.4 Å². The van der Waals surface area contributed by atoms with Crippen LogP contribution >= 0.6 is 0 Å². The fourth-order valence-corrected chi connectivity index (χ4v) is 4.52. The Morgan fingerprint density at radius 2 is 2.11 bits per heavy atom. The molecule has 3 aromatic rings. The third-order valence-electron chi connectivity index (χ3n) is 5.77. The summed E-state index contributed by atoms with van der Waals surface area (Å²) in [5, 5.41) is 3.43. The Morgan fingerprint density at radius 3 is 3.04 bits per heavy atom. The molecule has 2 N–H and O–H groups in total. The second-order valence-corrected chi connectivity index (χ2v) is 7.81. The molecule has 0 radical (unpaired) electrons. The molecule has 2 aliphatic heterocycles. The van der Waals surface area contributed by atoms with Crippen molar-refractivity contribution in [3.05, 3.63) is 47.2 Å². The van der Waals surface area contributed by atoms with E-state index in [0.29, 0.717) is 5.92 Å². The van der Waals surface area contributed by atoms with Gasteiger partial charge in [0, 0.05) is 31.6 Å². The monoisotopic (exact) mass is 362 g/mol. The molecule has 1 aromatic carbocycles. The van der Waals surface area contributed by atoms with Crippen LogP contribution in [-0.4, -0.2) is 39.6 Å². The molecule has 0 amide bonds. The number of fused-ring (bicyclic) bond motifs is 2. The van der Waals surface area contributed by atoms with Crippen molar-refractivity contribution in [2.75, 3.05) is 24.5 Å². The van der Waals surface area contributed by atoms with Crippen LogP contribution in [0, 0.1) is 12.8 Å². The van der Waals surface area contributed by atoms with Gasteiger partial charge in [0.25, 0.3) is 0 Å². The maximum atomic E-state index is 4.85. The highest BCUT2D eigenvalue weighted by molar-refractivity contribution is 5.74. The second-order valence-electron chi connectivity index (χ2n) is 7.81. The van der Waals surface area contributed by atoms with Gasteiger partial charge in [0.1, 0.15) is 17.5 Å². The number of anilines is 1. The summed E-state index contributed by atoms with van der Waals surface area (Å²) in [6.07, 6.45) is 4.48. The largest absolute Gasteiger partial charge is 0.356 e. The lowest BCUT2D eigenvalue weighted by Crippen LogP contribution is -2.39. The van der Waals surface area contributed by atoms with Crippen molar-refractivity contribution in [1.82, 2.24) is 25.3 Å². The molecule has 6 heteroatoms. The molecule has 0 aliphatic carbocycles. The van der Waals surface area contributed by atoms with Gasteiger partial charge in [0.15, 0.2) is 0 Å². The Balaban J connectivity index is 1.37. The van der Waals surface area contributed by atoms with E-state index in [9.17, 15) is 0 Å². The fraction of sp³-hybridized carbons (Fsp3) is 0.476. The molecule has 1 fully saturated rings. The number of aromatic nitrogens is 4. The number of hydrogen-bond donors (Lipinski definition) is 2. The average molecular weight is 362 g/mol. The van der Waals surface area contributed by atoms with Crippen LogP contribution in [0.25, 0.3) is 11.0 Å². The highest BCUT2D eigenvalue weighted by Gasteiger charge is 2.26. The molecule has 6 nitrogen and oxygen atoms in total. The molecule has 5 rings (SSSR count). The van der Waals surface area contributed by atoms with Crippen LogP contribution in [0.3, 0.4) is 0 Å². The van der Waals surface area contributed by atoms with E-state index in [1.54, 1.807) is 0 Å². The van der Waals surface area contributed by atoms with Gasteiger partial charge in [-0.1, -0.05) is 12.1 Å². The predicted molar refractivity (Wildman–Crippen MR) is 107 cm³/mol. The van der Waals surface area contributed by atoms with Crippen molar-refractivity contribution in [2.45, 2.75) is 39.2 Å². The predicted octanol–water partition coefficient (Wildman–Crippen LogP) is 2.77. The van der Waals surface area contributed by atoms with Crippen LogP contribution in [0.15, 0.2) is 24.3 Å². The molecule has 1 atom stereocenters. The third kappa shape index (κ3) is 3.30. The van der Waals surface area contributed by atoms with Gasteiger partial charge in [-0.2, -0.15) is 0 Å². The number of nitrogens with zero attached hydrogens (tertiary/aromatic N) is 4. The van der Waals surface area contributed by atoms with Gasteiger partial charge in [0.2, 0.25) is 0 Å². The Kier molecular flexibility index (Phi) is 4.28. The topological polar surface area (TPSA) is 69.7 Å². The first-order chi connectivity index (χ1) is 13.3. The first-order valence-electron chi connectivity index (χ1n) is 10.0. The SMILES string of the molecule is Cc1nc2c(c(N3CCC[C@@H](Cc4nc5ccccc5[nH]4)C3)n1)CCNC2. The lowest BCUT2D eigenvalue weighted by molar-refractivity contribution is 0.404. The molecule has 2 aliphatic rings. The molecule has 0 bridgehead atoms. The van der Waals surface area contributed by atoms with Crippen LogP contribution in [0.1, 0.15) is 35.7 Å². The lowest BCUT2D eigenvalue weighted by Gasteiger charge is -2.35. The number of H-pyrrole nitrogens is 1. The standard InChI is InChI=1S/C21H26N6/c1-14-23-19-12-22-9-8-16(19)21(24-14)27-10-4-5-15(13-27)11-20-25-17-6-2-3-7-18(17)26-20/h2-3,6-7,15,22H,4-5,8-13H2,1H3,(H,25,26)/t15-/m0/s1. The van der Waals surface area contributed by atoms with Crippen molar-refractivity contribution in [2.24, 2.45) is 5.92 Å². The number of para-hydroxylation sites is 2. The summed E-state index contributed by atoms with van der Waals surface area (Å²) in [7, 11) is 0. The van der Waals surface area contributed by atoms with Crippen molar-refractivity contribution in [3.8, 4) is 0 Å². The molecule has 0 unspecified atom stereocenters. The Labute approximate surface area is 159 Å². The first-order valence-corrected chi connectivity index (χ1v) is 10.0. The molecule has 2 aromatic heterocycles. The highest BCUT2D eigenvalue weighted by Crippen LogP contribution is 2.29. The maximum Gasteiger partial charge on any atom is 0.135 e. The minimum atomic E-state index is 0.604. The summed E-state index contributed by atoms with van der Waals surface area (Å²) in [4.78, 5) is 20.3. The molecular weight excluding hydrogens is 336 g/mol. The Morgan fingerprint density at radius 1 is 1.19 bits per heavy atom. The van der Waals surface area contributed by atoms with Crippen molar-refractivity contribution in [3.63, 3.8) is 0 Å². The maximum absolute atomic E-state index is 4.85. The average Bonchev–Trinajstić information content (AvgIpc) is 3.09. The number of rotatable bonds is 3. The third-order valence-corrected chi connectivity index (χ3v) is 5.77. The van der Waals surface area contributed by atoms with Crippen LogP contribution in [0.4, 0.5) is 5.82 Å². The number of aromatic amines is 1. The summed E-state index contributed by atoms with van der Waals surface area (Å²) in [5.74, 6) is 3.76. The molecule has 4 heterocycles. The number of benzene rings is 1. The molecule has 0 saturated carbocycles. The summed E-state index contributed by atoms with van der Waals surface area (Å²) in [6, 6.07) is 8.28. The second kappa shape index (κ2) is 6.93. The first kappa shape index (κ1) is 16.7. The molecule has 27 heavy (non-hydrogen) atoms. The summed E-state index contributed by atoms with van der Waals surface area (Å²) in [5.41, 5.74) is 4.73. The van der Waals surface area contributed by atoms with E-state index in [4.69, 9.17) is 9.97 Å². The number of imidazole rings is 1. The van der Waals surface area contributed by atoms with E-state index in [2.05, 4.69) is 38.4 Å². The smallest absolute Gasteiger partial charge is 0.135 e. The van der Waals surface area contributed by atoms with E-state index in [-0.39, 0.29) is 0 Å². The van der Waals surface area contributed by atoms with Gasteiger partial charge in [-0.05, 0) is 50.8 Å². The Bertz CT molecular complexity index is 929. The van der Waals surface area contributed by atoms with Gasteiger partial charge >= 0.3 is 0 Å². The van der Waals surface area contributed by atoms with E-state index in [1.165, 1.54) is 29.9 Å². The van der Waals surface area contributed by atoms with E-state index in [1.807, 2.05) is 13.0 Å². The van der Waals surface area contributed by atoms with Crippen LogP contribution in [0.2, 0.25) is 0 Å². The van der Waals surface area contributed by atoms with E-state index >= 15 is 0 Å². The van der Waals surface area contributed by atoms with E-state index in [0.717, 1.165) is 61.7 Å². The van der Waals surface area contributed by atoms with Gasteiger partial charge in [0.05, 0.1) is 16.7 Å².